The van der Waals surface area contributed by atoms with E-state index < -0.39 is 65.3 Å². The highest BCUT2D eigenvalue weighted by Crippen LogP contribution is 2.62. The minimum Gasteiger partial charge on any atom is -0.456 e. The number of alkyl halides is 6. The molecule has 0 radical (unpaired) electrons. The number of halogens is 6. The highest BCUT2D eigenvalue weighted by atomic mass is 33.1. The van der Waals surface area contributed by atoms with Gasteiger partial charge in [-0.15, -0.1) is 0 Å². The largest absolute Gasteiger partial charge is 0.456 e. The van der Waals surface area contributed by atoms with E-state index in [4.69, 9.17) is 43.1 Å². The Labute approximate surface area is 318 Å². The number of fused-ring (bicyclic) bond motifs is 2. The normalized spacial score (nSPS) is 42.1. The van der Waals surface area contributed by atoms with Gasteiger partial charge in [0, 0.05) is 52.7 Å². The maximum Gasteiger partial charge on any atom is 0.449 e. The van der Waals surface area contributed by atoms with Gasteiger partial charge in [-0.2, -0.15) is 26.3 Å². The number of hydrogen-bond donors (Lipinski definition) is 1. The Bertz CT molecular complexity index is 1360. The standard InChI is InChI=1S/C36H50F6O10S2/c1-19-5-8-26-22(28(35(37,38)39)47-30-33(26,50-43)24(19)10-7-21(3)46-30)17-44-13-15-53-54-16-14-45-18-23-27-9-6-20(2)25-11-12-32(4)49-31(34(25,27)52-51-32)48-29(23)36(40,41)42/h19-21,24-27,30-31,43H,5-18H2,1-4H3/t19-,20-,21+,24?,25?,26+,27+,30+,31-,32?,33-,34-/m1/s1. The van der Waals surface area contributed by atoms with Crippen LogP contribution in [0.3, 0.4) is 0 Å². The van der Waals surface area contributed by atoms with Crippen molar-refractivity contribution < 1.29 is 74.7 Å². The minimum absolute atomic E-state index is 0.00185. The Morgan fingerprint density at radius 2 is 1.30 bits per heavy atom. The fourth-order valence-corrected chi connectivity index (χ4v) is 12.0. The van der Waals surface area contributed by atoms with Crippen molar-refractivity contribution in [3.63, 3.8) is 0 Å². The monoisotopic (exact) mass is 820 g/mol. The van der Waals surface area contributed by atoms with Crippen LogP contribution in [0.2, 0.25) is 0 Å². The summed E-state index contributed by atoms with van der Waals surface area (Å²) in [6.45, 7) is 7.12. The third-order valence-corrected chi connectivity index (χ3v) is 15.1. The summed E-state index contributed by atoms with van der Waals surface area (Å²) in [7, 11) is 2.82. The Hall–Kier alpha value is -0.960. The Kier molecular flexibility index (Phi) is 12.0. The number of ether oxygens (including phenoxy) is 6. The molecule has 3 unspecified atom stereocenters. The van der Waals surface area contributed by atoms with Gasteiger partial charge in [0.2, 0.25) is 29.9 Å². The molecule has 54 heavy (non-hydrogen) atoms. The van der Waals surface area contributed by atoms with Crippen LogP contribution in [0.5, 0.6) is 0 Å². The number of allylic oxidation sites excluding steroid dienone is 2. The van der Waals surface area contributed by atoms with Crippen LogP contribution in [0.15, 0.2) is 22.7 Å². The average molecular weight is 821 g/mol. The first kappa shape index (κ1) is 41.2. The molecule has 0 aromatic rings. The van der Waals surface area contributed by atoms with Gasteiger partial charge in [0.1, 0.15) is 0 Å². The van der Waals surface area contributed by atoms with Crippen molar-refractivity contribution in [2.75, 3.05) is 37.9 Å². The zero-order valence-corrected chi connectivity index (χ0v) is 32.4. The first-order valence-corrected chi connectivity index (χ1v) is 21.4. The van der Waals surface area contributed by atoms with Gasteiger partial charge in [-0.3, -0.25) is 5.26 Å². The van der Waals surface area contributed by atoms with Crippen LogP contribution in [0, 0.1) is 35.5 Å². The second-order valence-electron chi connectivity index (χ2n) is 16.1. The van der Waals surface area contributed by atoms with E-state index >= 15 is 0 Å². The molecule has 308 valence electrons. The molecule has 8 rings (SSSR count). The van der Waals surface area contributed by atoms with Crippen molar-refractivity contribution in [2.45, 2.75) is 127 Å². The van der Waals surface area contributed by atoms with Crippen LogP contribution in [0.4, 0.5) is 26.3 Å². The summed E-state index contributed by atoms with van der Waals surface area (Å²) in [5.41, 5.74) is -2.78. The van der Waals surface area contributed by atoms with E-state index in [-0.39, 0.29) is 67.3 Å². The summed E-state index contributed by atoms with van der Waals surface area (Å²) in [4.78, 5) is 16.9. The zero-order chi connectivity index (χ0) is 38.7. The maximum absolute atomic E-state index is 14.4. The van der Waals surface area contributed by atoms with E-state index in [1.54, 1.807) is 13.8 Å². The SMILES string of the molecule is C[C@@H]1CC[C@H]2C(COCCSSCCOCC3=C(C(F)(F)F)O[C@@H]4OC5(C)CCC6[C@H](C)CC[C@@H]3[C@]64OO5)=C(C(F)(F)F)O[C@@H]3O[C@@H](C)CCC1[C@]32OO. The van der Waals surface area contributed by atoms with Gasteiger partial charge in [-0.1, -0.05) is 35.4 Å². The lowest BCUT2D eigenvalue weighted by Gasteiger charge is -2.57. The molecule has 1 N–H and O–H groups in total. The molecular formula is C36H50F6O10S2. The fourth-order valence-electron chi connectivity index (χ4n) is 10.3. The molecule has 1 spiro atoms. The van der Waals surface area contributed by atoms with E-state index in [1.807, 2.05) is 6.92 Å². The van der Waals surface area contributed by atoms with Crippen LogP contribution >= 0.6 is 21.6 Å². The van der Waals surface area contributed by atoms with Gasteiger partial charge in [0.05, 0.1) is 32.5 Å². The second kappa shape index (κ2) is 15.7. The van der Waals surface area contributed by atoms with Crippen LogP contribution in [-0.4, -0.2) is 91.2 Å². The van der Waals surface area contributed by atoms with Crippen molar-refractivity contribution in [2.24, 2.45) is 35.5 Å². The number of hydrogen-bond acceptors (Lipinski definition) is 12. The molecule has 0 aromatic heterocycles. The summed E-state index contributed by atoms with van der Waals surface area (Å²) in [6.07, 6.45) is -8.08. The summed E-state index contributed by atoms with van der Waals surface area (Å²) in [5, 5.41) is 10.3. The Morgan fingerprint density at radius 3 is 1.91 bits per heavy atom. The average Bonchev–Trinajstić information content (AvgIpc) is 3.42. The lowest BCUT2D eigenvalue weighted by molar-refractivity contribution is -0.557. The van der Waals surface area contributed by atoms with E-state index in [0.29, 0.717) is 56.5 Å². The van der Waals surface area contributed by atoms with Crippen molar-refractivity contribution in [3.8, 4) is 0 Å². The van der Waals surface area contributed by atoms with Gasteiger partial charge in [0.25, 0.3) is 0 Å². The molecule has 8 aliphatic rings. The minimum atomic E-state index is -4.80. The van der Waals surface area contributed by atoms with Crippen LogP contribution in [-0.2, 0) is 43.1 Å². The molecule has 0 amide bonds. The highest BCUT2D eigenvalue weighted by molar-refractivity contribution is 8.76. The fraction of sp³-hybridized carbons (Fsp3) is 0.889. The topological polar surface area (TPSA) is 103 Å². The molecule has 6 fully saturated rings. The van der Waals surface area contributed by atoms with Gasteiger partial charge < -0.3 is 28.4 Å². The lowest BCUT2D eigenvalue weighted by atomic mass is 9.59. The van der Waals surface area contributed by atoms with Crippen LogP contribution < -0.4 is 0 Å². The first-order chi connectivity index (χ1) is 25.5. The van der Waals surface area contributed by atoms with Gasteiger partial charge in [0.15, 0.2) is 11.2 Å². The van der Waals surface area contributed by atoms with E-state index in [1.165, 1.54) is 21.6 Å². The van der Waals surface area contributed by atoms with E-state index in [2.05, 4.69) is 6.92 Å². The molecule has 2 aliphatic carbocycles. The third kappa shape index (κ3) is 7.33. The highest BCUT2D eigenvalue weighted by Gasteiger charge is 2.70. The molecule has 6 aliphatic heterocycles. The van der Waals surface area contributed by atoms with Crippen molar-refractivity contribution in [3.05, 3.63) is 22.7 Å². The third-order valence-electron chi connectivity index (χ3n) is 12.8. The Morgan fingerprint density at radius 1 is 0.722 bits per heavy atom. The molecule has 10 nitrogen and oxygen atoms in total. The van der Waals surface area contributed by atoms with Crippen LogP contribution in [0.25, 0.3) is 0 Å². The molecule has 6 heterocycles. The van der Waals surface area contributed by atoms with Crippen molar-refractivity contribution in [1.82, 2.24) is 0 Å². The Balaban J connectivity index is 0.923. The quantitative estimate of drug-likeness (QED) is 0.0670. The predicted molar refractivity (Wildman–Crippen MR) is 183 cm³/mol. The summed E-state index contributed by atoms with van der Waals surface area (Å²) in [5.74, 6) is -4.19. The molecule has 2 bridgehead atoms. The molecule has 18 heteroatoms. The lowest BCUT2D eigenvalue weighted by Crippen LogP contribution is -2.67. The summed E-state index contributed by atoms with van der Waals surface area (Å²) < 4.78 is 121. The molecule has 12 atom stereocenters. The predicted octanol–water partition coefficient (Wildman–Crippen LogP) is 8.73. The van der Waals surface area contributed by atoms with Crippen molar-refractivity contribution >= 4 is 21.6 Å². The molecular weight excluding hydrogens is 771 g/mol. The van der Waals surface area contributed by atoms with Gasteiger partial charge in [-0.05, 0) is 70.6 Å². The van der Waals surface area contributed by atoms with Gasteiger partial charge >= 0.3 is 12.4 Å². The molecule has 2 saturated carbocycles. The molecule has 0 aromatic carbocycles. The summed E-state index contributed by atoms with van der Waals surface area (Å²) in [6, 6.07) is 0. The maximum atomic E-state index is 14.4. The smallest absolute Gasteiger partial charge is 0.449 e. The van der Waals surface area contributed by atoms with E-state index in [9.17, 15) is 31.6 Å². The first-order valence-electron chi connectivity index (χ1n) is 18.9. The van der Waals surface area contributed by atoms with Crippen molar-refractivity contribution in [1.29, 1.82) is 0 Å². The van der Waals surface area contributed by atoms with E-state index in [0.717, 1.165) is 6.42 Å². The van der Waals surface area contributed by atoms with Gasteiger partial charge in [-0.25, -0.2) is 14.7 Å². The zero-order valence-electron chi connectivity index (χ0n) is 30.8. The summed E-state index contributed by atoms with van der Waals surface area (Å²) >= 11 is 0. The molecule has 4 saturated heterocycles. The number of rotatable bonds is 12. The van der Waals surface area contributed by atoms with Crippen LogP contribution in [0.1, 0.15) is 79.1 Å². The second-order valence-corrected chi connectivity index (χ2v) is 18.8.